The van der Waals surface area contributed by atoms with Gasteiger partial charge in [-0.15, -0.1) is 0 Å². The Morgan fingerprint density at radius 3 is 2.24 bits per heavy atom. The highest BCUT2D eigenvalue weighted by Gasteiger charge is 2.47. The standard InChI is InChI=1S/C40H63ClO7Si2/c1-13-33(45-34-17-15-14-16-32(34)41)38(43)46-35-24-29(47-49(9,10)39(3,4)5)22-27-19-18-26(2)31(37(27)35)21-20-28-23-30(25-36(42)44-28)48-50(11,12)40(6,7)8/h14-19,22,26,28-31,33,35,37H,13,20-21,23-25H2,1-12H3/t26-,28+,29+,30+,31-,33?,35-,37-/m0/s1. The van der Waals surface area contributed by atoms with Crippen molar-refractivity contribution in [3.05, 3.63) is 53.1 Å². The van der Waals surface area contributed by atoms with Gasteiger partial charge in [0, 0.05) is 18.8 Å². The number of cyclic esters (lactones) is 1. The summed E-state index contributed by atoms with van der Waals surface area (Å²) in [5.41, 5.74) is 1.15. The van der Waals surface area contributed by atoms with Crippen molar-refractivity contribution in [2.24, 2.45) is 17.8 Å². The summed E-state index contributed by atoms with van der Waals surface area (Å²) in [6.45, 7) is 26.5. The molecule has 1 aliphatic heterocycles. The van der Waals surface area contributed by atoms with Crippen molar-refractivity contribution in [2.45, 2.75) is 161 Å². The van der Waals surface area contributed by atoms with Gasteiger partial charge in [-0.05, 0) is 85.1 Å². The molecule has 0 amide bonds. The highest BCUT2D eigenvalue weighted by Crippen LogP contribution is 2.47. The highest BCUT2D eigenvalue weighted by atomic mass is 35.5. The van der Waals surface area contributed by atoms with Gasteiger partial charge in [-0.1, -0.05) is 97.4 Å². The Morgan fingerprint density at radius 1 is 0.980 bits per heavy atom. The molecule has 1 unspecified atom stereocenters. The van der Waals surface area contributed by atoms with Crippen LogP contribution in [0.1, 0.15) is 93.9 Å². The minimum Gasteiger partial charge on any atom is -0.477 e. The number of esters is 2. The molecule has 3 aliphatic rings. The minimum absolute atomic E-state index is 0.0189. The van der Waals surface area contributed by atoms with Gasteiger partial charge < -0.3 is 23.1 Å². The average Bonchev–Trinajstić information content (AvgIpc) is 2.98. The largest absolute Gasteiger partial charge is 0.477 e. The first-order valence-electron chi connectivity index (χ1n) is 18.7. The fourth-order valence-electron chi connectivity index (χ4n) is 6.91. The summed E-state index contributed by atoms with van der Waals surface area (Å²) in [4.78, 5) is 26.7. The van der Waals surface area contributed by atoms with E-state index in [2.05, 4.69) is 92.9 Å². The lowest BCUT2D eigenvalue weighted by Gasteiger charge is -2.46. The molecule has 1 aromatic rings. The molecule has 0 N–H and O–H groups in total. The molecule has 0 radical (unpaired) electrons. The van der Waals surface area contributed by atoms with Gasteiger partial charge in [0.05, 0.1) is 23.7 Å². The summed E-state index contributed by atoms with van der Waals surface area (Å²) >= 11 is 6.39. The second-order valence-electron chi connectivity index (χ2n) is 17.8. The molecule has 50 heavy (non-hydrogen) atoms. The maximum atomic E-state index is 13.9. The van der Waals surface area contributed by atoms with Gasteiger partial charge in [0.1, 0.15) is 18.0 Å². The topological polar surface area (TPSA) is 80.3 Å². The zero-order chi connectivity index (χ0) is 37.2. The van der Waals surface area contributed by atoms with E-state index < -0.39 is 34.8 Å². The molecular weight excluding hydrogens is 684 g/mol. The Balaban J connectivity index is 1.57. The van der Waals surface area contributed by atoms with Crippen LogP contribution in [0.25, 0.3) is 0 Å². The lowest BCUT2D eigenvalue weighted by Crippen LogP contribution is -2.49. The number of rotatable bonds is 12. The summed E-state index contributed by atoms with van der Waals surface area (Å²) in [7, 11) is -4.16. The molecule has 280 valence electrons. The summed E-state index contributed by atoms with van der Waals surface area (Å²) in [5, 5.41) is 0.551. The van der Waals surface area contributed by atoms with E-state index in [1.165, 1.54) is 0 Å². The molecule has 4 rings (SSSR count). The Hall–Kier alpha value is -1.92. The van der Waals surface area contributed by atoms with Crippen LogP contribution in [-0.4, -0.2) is 59.1 Å². The van der Waals surface area contributed by atoms with E-state index in [-0.39, 0.29) is 52.1 Å². The van der Waals surface area contributed by atoms with Gasteiger partial charge in [-0.25, -0.2) is 4.79 Å². The molecule has 1 fully saturated rings. The van der Waals surface area contributed by atoms with Crippen LogP contribution >= 0.6 is 11.6 Å². The van der Waals surface area contributed by atoms with Gasteiger partial charge >= 0.3 is 11.9 Å². The van der Waals surface area contributed by atoms with Crippen molar-refractivity contribution < 1.29 is 32.7 Å². The Kier molecular flexibility index (Phi) is 13.1. The van der Waals surface area contributed by atoms with Crippen LogP contribution < -0.4 is 4.74 Å². The SMILES string of the molecule is CCC(Oc1ccccc1Cl)C(=O)O[C@H]1C[C@H](O[Si](C)(C)C(C)(C)C)C=C2C=C[C@H](C)[C@H](CC[C@@H]3C[C@@H](O[Si](C)(C)C(C)(C)C)CC(=O)O3)[C@H]21. The van der Waals surface area contributed by atoms with Crippen LogP contribution in [0.15, 0.2) is 48.1 Å². The normalized spacial score (nSPS) is 28.3. The number of benzene rings is 1. The Bertz CT molecular complexity index is 1410. The predicted molar refractivity (Wildman–Crippen MR) is 207 cm³/mol. The molecule has 1 saturated heterocycles. The third-order valence-corrected chi connectivity index (χ3v) is 21.3. The smallest absolute Gasteiger partial charge is 0.347 e. The molecule has 0 aromatic heterocycles. The van der Waals surface area contributed by atoms with E-state index in [0.29, 0.717) is 36.5 Å². The van der Waals surface area contributed by atoms with Gasteiger partial charge in [0.2, 0.25) is 0 Å². The number of para-hydroxylation sites is 1. The lowest BCUT2D eigenvalue weighted by atomic mass is 9.66. The van der Waals surface area contributed by atoms with Crippen molar-refractivity contribution >= 4 is 40.2 Å². The van der Waals surface area contributed by atoms with Crippen molar-refractivity contribution in [2.75, 3.05) is 0 Å². The lowest BCUT2D eigenvalue weighted by molar-refractivity contribution is -0.164. The summed E-state index contributed by atoms with van der Waals surface area (Å²) in [5.74, 6) is 0.304. The van der Waals surface area contributed by atoms with Crippen molar-refractivity contribution in [3.8, 4) is 5.75 Å². The maximum absolute atomic E-state index is 13.9. The molecule has 2 aliphatic carbocycles. The molecule has 0 spiro atoms. The summed E-state index contributed by atoms with van der Waals surface area (Å²) < 4.78 is 32.2. The zero-order valence-electron chi connectivity index (χ0n) is 32.6. The van der Waals surface area contributed by atoms with E-state index in [0.717, 1.165) is 18.4 Å². The number of hydrogen-bond donors (Lipinski definition) is 0. The minimum atomic E-state index is -2.12. The number of hydrogen-bond acceptors (Lipinski definition) is 7. The Morgan fingerprint density at radius 2 is 1.62 bits per heavy atom. The van der Waals surface area contributed by atoms with Gasteiger partial charge in [-0.2, -0.15) is 0 Å². The number of ether oxygens (including phenoxy) is 3. The summed E-state index contributed by atoms with van der Waals surface area (Å²) in [6, 6.07) is 7.20. The van der Waals surface area contributed by atoms with Crippen LogP contribution in [0.5, 0.6) is 5.75 Å². The first kappa shape index (κ1) is 40.8. The zero-order valence-corrected chi connectivity index (χ0v) is 35.4. The van der Waals surface area contributed by atoms with Crippen LogP contribution in [0.2, 0.25) is 41.3 Å². The van der Waals surface area contributed by atoms with Crippen molar-refractivity contribution in [3.63, 3.8) is 0 Å². The van der Waals surface area contributed by atoms with E-state index in [1.807, 2.05) is 19.1 Å². The van der Waals surface area contributed by atoms with Gasteiger partial charge in [0.15, 0.2) is 22.7 Å². The molecule has 10 heteroatoms. The van der Waals surface area contributed by atoms with Gasteiger partial charge in [-0.3, -0.25) is 4.79 Å². The van der Waals surface area contributed by atoms with Crippen LogP contribution in [-0.2, 0) is 27.9 Å². The molecule has 0 bridgehead atoms. The second-order valence-corrected chi connectivity index (χ2v) is 27.7. The van der Waals surface area contributed by atoms with E-state index in [4.69, 9.17) is 34.7 Å². The molecular formula is C40H63ClO7Si2. The first-order chi connectivity index (χ1) is 23.1. The monoisotopic (exact) mass is 746 g/mol. The van der Waals surface area contributed by atoms with Crippen LogP contribution in [0.3, 0.4) is 0 Å². The van der Waals surface area contributed by atoms with Crippen molar-refractivity contribution in [1.29, 1.82) is 0 Å². The molecule has 0 saturated carbocycles. The quantitative estimate of drug-likeness (QED) is 0.156. The third kappa shape index (κ3) is 9.94. The molecule has 1 aromatic carbocycles. The molecule has 7 nitrogen and oxygen atoms in total. The Labute approximate surface area is 309 Å². The fourth-order valence-corrected chi connectivity index (χ4v) is 9.73. The van der Waals surface area contributed by atoms with Gasteiger partial charge in [0.25, 0.3) is 0 Å². The van der Waals surface area contributed by atoms with E-state index in [1.54, 1.807) is 12.1 Å². The first-order valence-corrected chi connectivity index (χ1v) is 24.9. The predicted octanol–water partition coefficient (Wildman–Crippen LogP) is 10.4. The third-order valence-electron chi connectivity index (χ3n) is 11.9. The number of carbonyl (C=O) groups excluding carboxylic acids is 2. The molecule has 8 atom stereocenters. The maximum Gasteiger partial charge on any atom is 0.347 e. The summed E-state index contributed by atoms with van der Waals surface area (Å²) in [6.07, 6.45) is 8.65. The molecule has 1 heterocycles. The van der Waals surface area contributed by atoms with Crippen LogP contribution in [0.4, 0.5) is 0 Å². The van der Waals surface area contributed by atoms with E-state index in [9.17, 15) is 9.59 Å². The number of fused-ring (bicyclic) bond motifs is 1. The second kappa shape index (κ2) is 16.0. The van der Waals surface area contributed by atoms with Crippen molar-refractivity contribution in [1.82, 2.24) is 0 Å². The van der Waals surface area contributed by atoms with E-state index >= 15 is 0 Å². The average molecular weight is 748 g/mol. The van der Waals surface area contributed by atoms with Crippen LogP contribution in [0, 0.1) is 17.8 Å². The number of carbonyl (C=O) groups is 2. The number of halogens is 1. The highest BCUT2D eigenvalue weighted by molar-refractivity contribution is 6.74. The fraction of sp³-hybridized carbons (Fsp3) is 0.700. The number of allylic oxidation sites excluding steroid dienone is 2.